The van der Waals surface area contributed by atoms with Crippen LogP contribution < -0.4 is 10.6 Å². The number of nitrogens with zero attached hydrogens (tertiary/aromatic N) is 1. The maximum atomic E-state index is 4.28. The zero-order chi connectivity index (χ0) is 14.2. The van der Waals surface area contributed by atoms with Crippen LogP contribution in [0.1, 0.15) is 24.0 Å². The number of aryl methyl sites for hydroxylation is 1. The first-order valence-electron chi connectivity index (χ1n) is 7.39. The minimum atomic E-state index is 0. The van der Waals surface area contributed by atoms with Gasteiger partial charge in [-0.25, -0.2) is 0 Å². The van der Waals surface area contributed by atoms with E-state index in [0.717, 1.165) is 30.7 Å². The first-order chi connectivity index (χ1) is 9.78. The van der Waals surface area contributed by atoms with Crippen LogP contribution in [0, 0.1) is 6.92 Å². The van der Waals surface area contributed by atoms with Crippen molar-refractivity contribution in [3.8, 4) is 0 Å². The molecule has 1 aromatic rings. The molecule has 1 saturated heterocycles. The SMILES string of the molecule is CN=C(NCCc1ccc(C)cc1)NCC1CCCS1.I. The number of guanidine groups is 1. The van der Waals surface area contributed by atoms with Gasteiger partial charge in [-0.3, -0.25) is 4.99 Å². The van der Waals surface area contributed by atoms with Crippen LogP contribution in [0.15, 0.2) is 29.3 Å². The molecule has 0 amide bonds. The minimum Gasteiger partial charge on any atom is -0.356 e. The second-order valence-electron chi connectivity index (χ2n) is 5.25. The van der Waals surface area contributed by atoms with Crippen LogP contribution >= 0.6 is 35.7 Å². The average Bonchev–Trinajstić information content (AvgIpc) is 2.98. The van der Waals surface area contributed by atoms with Crippen LogP contribution in [0.25, 0.3) is 0 Å². The van der Waals surface area contributed by atoms with Gasteiger partial charge in [-0.15, -0.1) is 24.0 Å². The topological polar surface area (TPSA) is 36.4 Å². The predicted molar refractivity (Wildman–Crippen MR) is 105 cm³/mol. The summed E-state index contributed by atoms with van der Waals surface area (Å²) in [6.45, 7) is 4.06. The highest BCUT2D eigenvalue weighted by Gasteiger charge is 2.15. The number of rotatable bonds is 5. The molecule has 5 heteroatoms. The molecule has 0 saturated carbocycles. The van der Waals surface area contributed by atoms with Gasteiger partial charge in [-0.05, 0) is 37.5 Å². The molecular weight excluding hydrogens is 393 g/mol. The summed E-state index contributed by atoms with van der Waals surface area (Å²) in [7, 11) is 1.84. The maximum Gasteiger partial charge on any atom is 0.191 e. The van der Waals surface area contributed by atoms with Crippen LogP contribution in [-0.2, 0) is 6.42 Å². The number of hydrogen-bond donors (Lipinski definition) is 2. The first-order valence-corrected chi connectivity index (χ1v) is 8.44. The molecule has 1 heterocycles. The molecule has 2 rings (SSSR count). The van der Waals surface area contributed by atoms with Crippen molar-refractivity contribution in [1.29, 1.82) is 0 Å². The van der Waals surface area contributed by atoms with E-state index < -0.39 is 0 Å². The second-order valence-corrected chi connectivity index (χ2v) is 6.66. The summed E-state index contributed by atoms with van der Waals surface area (Å²) in [6, 6.07) is 8.73. The van der Waals surface area contributed by atoms with Gasteiger partial charge in [-0.1, -0.05) is 29.8 Å². The lowest BCUT2D eigenvalue weighted by atomic mass is 10.1. The quantitative estimate of drug-likeness (QED) is 0.437. The van der Waals surface area contributed by atoms with E-state index in [-0.39, 0.29) is 24.0 Å². The van der Waals surface area contributed by atoms with Gasteiger partial charge in [-0.2, -0.15) is 11.8 Å². The number of aliphatic imine (C=N–C) groups is 1. The largest absolute Gasteiger partial charge is 0.356 e. The number of halogens is 1. The summed E-state index contributed by atoms with van der Waals surface area (Å²) in [6.07, 6.45) is 3.72. The summed E-state index contributed by atoms with van der Waals surface area (Å²) in [5.74, 6) is 2.23. The van der Waals surface area contributed by atoms with Gasteiger partial charge >= 0.3 is 0 Å². The van der Waals surface area contributed by atoms with Gasteiger partial charge in [0.05, 0.1) is 0 Å². The summed E-state index contributed by atoms with van der Waals surface area (Å²) < 4.78 is 0. The summed E-state index contributed by atoms with van der Waals surface area (Å²) in [5.41, 5.74) is 2.68. The number of nitrogens with one attached hydrogen (secondary N) is 2. The van der Waals surface area contributed by atoms with Crippen LogP contribution in [-0.4, -0.2) is 37.1 Å². The molecule has 0 aliphatic carbocycles. The second kappa shape index (κ2) is 10.3. The summed E-state index contributed by atoms with van der Waals surface area (Å²) in [5, 5.41) is 7.57. The fraction of sp³-hybridized carbons (Fsp3) is 0.562. The molecular formula is C16H26IN3S. The van der Waals surface area contributed by atoms with E-state index in [1.165, 1.54) is 29.7 Å². The molecule has 1 fully saturated rings. The Hall–Kier alpha value is -0.430. The molecule has 118 valence electrons. The first kappa shape index (κ1) is 18.6. The van der Waals surface area contributed by atoms with Crippen molar-refractivity contribution in [2.75, 3.05) is 25.9 Å². The number of thioether (sulfide) groups is 1. The van der Waals surface area contributed by atoms with Gasteiger partial charge < -0.3 is 10.6 Å². The third-order valence-electron chi connectivity index (χ3n) is 3.57. The molecule has 0 bridgehead atoms. The average molecular weight is 419 g/mol. The van der Waals surface area contributed by atoms with Crippen LogP contribution in [0.4, 0.5) is 0 Å². The minimum absolute atomic E-state index is 0. The lowest BCUT2D eigenvalue weighted by molar-refractivity contribution is 0.724. The standard InChI is InChI=1S/C16H25N3S.HI/c1-13-5-7-14(8-6-13)9-10-18-16(17-2)19-12-15-4-3-11-20-15;/h5-8,15H,3-4,9-12H2,1-2H3,(H2,17,18,19);1H. The zero-order valence-electron chi connectivity index (χ0n) is 12.9. The van der Waals surface area contributed by atoms with Crippen LogP contribution in [0.5, 0.6) is 0 Å². The van der Waals surface area contributed by atoms with Crippen molar-refractivity contribution in [2.45, 2.75) is 31.4 Å². The van der Waals surface area contributed by atoms with Crippen molar-refractivity contribution in [3.05, 3.63) is 35.4 Å². The van der Waals surface area contributed by atoms with E-state index in [0.29, 0.717) is 0 Å². The fourth-order valence-corrected chi connectivity index (χ4v) is 3.52. The highest BCUT2D eigenvalue weighted by atomic mass is 127. The predicted octanol–water partition coefficient (Wildman–Crippen LogP) is 3.22. The Labute approximate surface area is 149 Å². The lowest BCUT2D eigenvalue weighted by Crippen LogP contribution is -2.40. The molecule has 3 nitrogen and oxygen atoms in total. The molecule has 1 unspecified atom stereocenters. The Bertz CT molecular complexity index is 428. The molecule has 0 aromatic heterocycles. The molecule has 1 aromatic carbocycles. The van der Waals surface area contributed by atoms with Crippen LogP contribution in [0.3, 0.4) is 0 Å². The van der Waals surface area contributed by atoms with Gasteiger partial charge in [0.2, 0.25) is 0 Å². The lowest BCUT2D eigenvalue weighted by Gasteiger charge is -2.14. The number of benzene rings is 1. The van der Waals surface area contributed by atoms with Gasteiger partial charge in [0, 0.05) is 25.4 Å². The highest BCUT2D eigenvalue weighted by molar-refractivity contribution is 14.0. The number of hydrogen-bond acceptors (Lipinski definition) is 2. The molecule has 1 aliphatic rings. The van der Waals surface area contributed by atoms with E-state index in [9.17, 15) is 0 Å². The molecule has 21 heavy (non-hydrogen) atoms. The van der Waals surface area contributed by atoms with E-state index in [4.69, 9.17) is 0 Å². The van der Waals surface area contributed by atoms with Gasteiger partial charge in [0.1, 0.15) is 0 Å². The van der Waals surface area contributed by atoms with Crippen LogP contribution in [0.2, 0.25) is 0 Å². The van der Waals surface area contributed by atoms with E-state index in [2.05, 4.69) is 58.6 Å². The Morgan fingerprint density at radius 1 is 1.29 bits per heavy atom. The Morgan fingerprint density at radius 3 is 2.67 bits per heavy atom. The molecule has 1 atom stereocenters. The Balaban J connectivity index is 0.00000220. The van der Waals surface area contributed by atoms with Gasteiger partial charge in [0.15, 0.2) is 5.96 Å². The monoisotopic (exact) mass is 419 g/mol. The molecule has 0 spiro atoms. The smallest absolute Gasteiger partial charge is 0.191 e. The van der Waals surface area contributed by atoms with Crippen molar-refractivity contribution < 1.29 is 0 Å². The van der Waals surface area contributed by atoms with E-state index in [1.807, 2.05) is 7.05 Å². The van der Waals surface area contributed by atoms with Crippen molar-refractivity contribution >= 4 is 41.7 Å². The highest BCUT2D eigenvalue weighted by Crippen LogP contribution is 2.25. The van der Waals surface area contributed by atoms with E-state index in [1.54, 1.807) is 0 Å². The third kappa shape index (κ3) is 6.91. The molecule has 2 N–H and O–H groups in total. The summed E-state index contributed by atoms with van der Waals surface area (Å²) in [4.78, 5) is 4.28. The zero-order valence-corrected chi connectivity index (χ0v) is 16.0. The third-order valence-corrected chi connectivity index (χ3v) is 4.97. The normalized spacial score (nSPS) is 18.2. The fourth-order valence-electron chi connectivity index (χ4n) is 2.32. The van der Waals surface area contributed by atoms with Gasteiger partial charge in [0.25, 0.3) is 0 Å². The Kier molecular flexibility index (Phi) is 9.15. The Morgan fingerprint density at radius 2 is 2.05 bits per heavy atom. The van der Waals surface area contributed by atoms with E-state index >= 15 is 0 Å². The van der Waals surface area contributed by atoms with Crippen molar-refractivity contribution in [1.82, 2.24) is 10.6 Å². The van der Waals surface area contributed by atoms with Crippen molar-refractivity contribution in [2.24, 2.45) is 4.99 Å². The van der Waals surface area contributed by atoms with Crippen molar-refractivity contribution in [3.63, 3.8) is 0 Å². The molecule has 0 radical (unpaired) electrons. The maximum absolute atomic E-state index is 4.28. The summed E-state index contributed by atoms with van der Waals surface area (Å²) >= 11 is 2.07. The molecule has 1 aliphatic heterocycles.